The van der Waals surface area contributed by atoms with Crippen molar-refractivity contribution < 1.29 is 19.1 Å². The van der Waals surface area contributed by atoms with Crippen molar-refractivity contribution in [3.05, 3.63) is 106 Å². The number of nitrogens with zero attached hydrogens (tertiary/aromatic N) is 2. The predicted molar refractivity (Wildman–Crippen MR) is 174 cm³/mol. The number of esters is 1. The van der Waals surface area contributed by atoms with Gasteiger partial charge in [0.1, 0.15) is 12.4 Å². The summed E-state index contributed by atoms with van der Waals surface area (Å²) >= 11 is 6.12. The molecule has 0 unspecified atom stereocenters. The van der Waals surface area contributed by atoms with Crippen LogP contribution in [0.25, 0.3) is 22.9 Å². The fraction of sp³-hybridized carbons (Fsp3) is 0.306. The second-order valence-electron chi connectivity index (χ2n) is 11.0. The number of hydrogen-bond donors (Lipinski definition) is 1. The van der Waals surface area contributed by atoms with Gasteiger partial charge in [0.2, 0.25) is 0 Å². The average molecular weight is 612 g/mol. The highest BCUT2D eigenvalue weighted by molar-refractivity contribution is 6.30. The van der Waals surface area contributed by atoms with Crippen molar-refractivity contribution in [2.75, 3.05) is 13.7 Å². The Morgan fingerprint density at radius 3 is 2.41 bits per heavy atom. The Labute approximate surface area is 263 Å². The predicted octanol–water partition coefficient (Wildman–Crippen LogP) is 8.15. The summed E-state index contributed by atoms with van der Waals surface area (Å²) in [6.07, 6.45) is 7.71. The number of nitrogens with one attached hydrogen (secondary N) is 1. The standard InChI is InChI=1S/C36H38ClN3O4/c1-4-43-36(42)24(2)20-30-22-34(26-8-6-5-7-9-26)40(39-30)31-15-17-32(18-16-31)44-23-28-21-27(35(41)38-3)12-19-33(28)25-10-13-29(37)14-11-25/h10-22,26H,4-9,23H2,1-3H3,(H,38,41). The summed E-state index contributed by atoms with van der Waals surface area (Å²) < 4.78 is 13.4. The van der Waals surface area contributed by atoms with Crippen molar-refractivity contribution >= 4 is 29.6 Å². The number of halogens is 1. The molecule has 1 aliphatic rings. The van der Waals surface area contributed by atoms with Gasteiger partial charge < -0.3 is 14.8 Å². The smallest absolute Gasteiger partial charge is 0.333 e. The van der Waals surface area contributed by atoms with Gasteiger partial charge >= 0.3 is 5.97 Å². The molecule has 44 heavy (non-hydrogen) atoms. The number of amides is 1. The highest BCUT2D eigenvalue weighted by Crippen LogP contribution is 2.35. The zero-order valence-corrected chi connectivity index (χ0v) is 26.2. The van der Waals surface area contributed by atoms with Crippen LogP contribution in [0.15, 0.2) is 78.4 Å². The summed E-state index contributed by atoms with van der Waals surface area (Å²) in [4.78, 5) is 24.6. The quantitative estimate of drug-likeness (QED) is 0.145. The Morgan fingerprint density at radius 2 is 1.73 bits per heavy atom. The maximum Gasteiger partial charge on any atom is 0.333 e. The molecule has 0 radical (unpaired) electrons. The zero-order chi connectivity index (χ0) is 31.1. The van der Waals surface area contributed by atoms with Gasteiger partial charge in [-0.25, -0.2) is 9.48 Å². The van der Waals surface area contributed by atoms with Crippen LogP contribution < -0.4 is 10.1 Å². The fourth-order valence-corrected chi connectivity index (χ4v) is 5.79. The van der Waals surface area contributed by atoms with Crippen molar-refractivity contribution in [3.8, 4) is 22.6 Å². The van der Waals surface area contributed by atoms with Crippen molar-refractivity contribution in [1.82, 2.24) is 15.1 Å². The first-order valence-electron chi connectivity index (χ1n) is 15.2. The van der Waals surface area contributed by atoms with Crippen molar-refractivity contribution in [3.63, 3.8) is 0 Å². The molecule has 1 saturated carbocycles. The van der Waals surface area contributed by atoms with Crippen LogP contribution in [0.1, 0.15) is 79.2 Å². The molecule has 1 aromatic heterocycles. The molecule has 0 spiro atoms. The van der Waals surface area contributed by atoms with E-state index < -0.39 is 0 Å². The third-order valence-electron chi connectivity index (χ3n) is 7.97. The molecule has 4 aromatic rings. The number of benzene rings is 3. The molecule has 1 aliphatic carbocycles. The molecular weight excluding hydrogens is 574 g/mol. The molecule has 3 aromatic carbocycles. The van der Waals surface area contributed by atoms with Gasteiger partial charge in [0.25, 0.3) is 5.91 Å². The van der Waals surface area contributed by atoms with Crippen molar-refractivity contribution in [2.45, 2.75) is 58.5 Å². The first-order chi connectivity index (χ1) is 21.4. The van der Waals surface area contributed by atoms with Gasteiger partial charge in [0.15, 0.2) is 0 Å². The van der Waals surface area contributed by atoms with E-state index in [1.165, 1.54) is 19.3 Å². The molecule has 0 bridgehead atoms. The highest BCUT2D eigenvalue weighted by atomic mass is 35.5. The van der Waals surface area contributed by atoms with Crippen LogP contribution >= 0.6 is 11.6 Å². The molecule has 1 amide bonds. The molecule has 228 valence electrons. The fourth-order valence-electron chi connectivity index (χ4n) is 5.66. The topological polar surface area (TPSA) is 82.5 Å². The summed E-state index contributed by atoms with van der Waals surface area (Å²) in [6.45, 7) is 4.17. The summed E-state index contributed by atoms with van der Waals surface area (Å²) in [7, 11) is 1.62. The second kappa shape index (κ2) is 14.4. The summed E-state index contributed by atoms with van der Waals surface area (Å²) in [5.41, 5.74) is 6.75. The van der Waals surface area contributed by atoms with E-state index in [1.54, 1.807) is 27.0 Å². The monoisotopic (exact) mass is 611 g/mol. The maximum atomic E-state index is 12.4. The number of ether oxygens (including phenoxy) is 2. The SMILES string of the molecule is CCOC(=O)C(C)=Cc1cc(C2CCCCC2)n(-c2ccc(OCc3cc(C(=O)NC)ccc3-c3ccc(Cl)cc3)cc2)n1. The Kier molecular flexibility index (Phi) is 10.2. The highest BCUT2D eigenvalue weighted by Gasteiger charge is 2.22. The Morgan fingerprint density at radius 1 is 1.00 bits per heavy atom. The average Bonchev–Trinajstić information content (AvgIpc) is 3.48. The maximum absolute atomic E-state index is 12.4. The molecule has 1 N–H and O–H groups in total. The molecule has 5 rings (SSSR count). The lowest BCUT2D eigenvalue weighted by Crippen LogP contribution is -2.18. The van der Waals surface area contributed by atoms with Crippen LogP contribution in [-0.4, -0.2) is 35.3 Å². The minimum absolute atomic E-state index is 0.155. The van der Waals surface area contributed by atoms with Gasteiger partial charge in [-0.15, -0.1) is 0 Å². The largest absolute Gasteiger partial charge is 0.489 e. The number of carbonyl (C=O) groups excluding carboxylic acids is 2. The van der Waals surface area contributed by atoms with E-state index in [1.807, 2.05) is 71.4 Å². The van der Waals surface area contributed by atoms with Crippen LogP contribution in [0.3, 0.4) is 0 Å². The first kappa shape index (κ1) is 31.1. The minimum atomic E-state index is -0.331. The molecule has 0 saturated heterocycles. The number of aromatic nitrogens is 2. The van der Waals surface area contributed by atoms with Gasteiger partial charge in [-0.3, -0.25) is 4.79 Å². The third kappa shape index (κ3) is 7.40. The lowest BCUT2D eigenvalue weighted by Gasteiger charge is -2.22. The number of carbonyl (C=O) groups is 2. The molecule has 0 atom stereocenters. The number of hydrogen-bond acceptors (Lipinski definition) is 5. The summed E-state index contributed by atoms with van der Waals surface area (Å²) in [6, 6.07) is 23.2. The molecule has 1 fully saturated rings. The van der Waals surface area contributed by atoms with Gasteiger partial charge in [0.05, 0.1) is 18.0 Å². The van der Waals surface area contributed by atoms with E-state index in [-0.39, 0.29) is 18.5 Å². The Hall–Kier alpha value is -4.36. The zero-order valence-electron chi connectivity index (χ0n) is 25.4. The second-order valence-corrected chi connectivity index (χ2v) is 11.5. The molecule has 7 nitrogen and oxygen atoms in total. The van der Waals surface area contributed by atoms with E-state index >= 15 is 0 Å². The third-order valence-corrected chi connectivity index (χ3v) is 8.22. The van der Waals surface area contributed by atoms with Crippen LogP contribution in [0, 0.1) is 0 Å². The Bertz CT molecular complexity index is 1640. The van der Waals surface area contributed by atoms with Crippen LogP contribution in [0.2, 0.25) is 5.02 Å². The van der Waals surface area contributed by atoms with Crippen molar-refractivity contribution in [2.24, 2.45) is 0 Å². The minimum Gasteiger partial charge on any atom is -0.489 e. The number of rotatable bonds is 10. The molecular formula is C36H38ClN3O4. The summed E-state index contributed by atoms with van der Waals surface area (Å²) in [5, 5.41) is 8.24. The van der Waals surface area contributed by atoms with E-state index in [0.717, 1.165) is 46.6 Å². The Balaban J connectivity index is 1.40. The van der Waals surface area contributed by atoms with Gasteiger partial charge in [-0.05, 0) is 104 Å². The van der Waals surface area contributed by atoms with Crippen LogP contribution in [0.4, 0.5) is 0 Å². The van der Waals surface area contributed by atoms with Gasteiger partial charge in [0, 0.05) is 34.8 Å². The summed E-state index contributed by atoms with van der Waals surface area (Å²) in [5.74, 6) is 0.627. The van der Waals surface area contributed by atoms with E-state index in [9.17, 15) is 9.59 Å². The van der Waals surface area contributed by atoms with E-state index in [4.69, 9.17) is 26.2 Å². The van der Waals surface area contributed by atoms with Crippen molar-refractivity contribution in [1.29, 1.82) is 0 Å². The van der Waals surface area contributed by atoms with E-state index in [0.29, 0.717) is 34.4 Å². The van der Waals surface area contributed by atoms with Crippen LogP contribution in [0.5, 0.6) is 5.75 Å². The first-order valence-corrected chi connectivity index (χ1v) is 15.5. The normalized spacial score (nSPS) is 13.9. The lowest BCUT2D eigenvalue weighted by atomic mass is 9.86. The van der Waals surface area contributed by atoms with E-state index in [2.05, 4.69) is 11.4 Å². The van der Waals surface area contributed by atoms with Gasteiger partial charge in [-0.2, -0.15) is 5.10 Å². The lowest BCUT2D eigenvalue weighted by molar-refractivity contribution is -0.138. The molecule has 8 heteroatoms. The molecule has 1 heterocycles. The molecule has 0 aliphatic heterocycles. The van der Waals surface area contributed by atoms with Gasteiger partial charge in [-0.1, -0.05) is 49.1 Å². The van der Waals surface area contributed by atoms with Crippen LogP contribution in [-0.2, 0) is 16.1 Å².